The number of carbonyl (C=O) groups excluding carboxylic acids is 1. The molecule has 0 aliphatic carbocycles. The molecule has 2 fully saturated rings. The first kappa shape index (κ1) is 24.6. The van der Waals surface area contributed by atoms with E-state index < -0.39 is 5.60 Å². The van der Waals surface area contributed by atoms with Crippen molar-refractivity contribution in [2.24, 2.45) is 0 Å². The third-order valence-electron chi connectivity index (χ3n) is 6.60. The molecule has 2 aliphatic heterocycles. The molecule has 3 heterocycles. The number of ether oxygens (including phenoxy) is 2. The summed E-state index contributed by atoms with van der Waals surface area (Å²) in [5.74, 6) is 0.338. The number of aromatic nitrogens is 2. The Morgan fingerprint density at radius 2 is 1.88 bits per heavy atom. The summed E-state index contributed by atoms with van der Waals surface area (Å²) in [5.41, 5.74) is 0.353. The minimum Gasteiger partial charge on any atom is -0.491 e. The molecule has 0 spiro atoms. The van der Waals surface area contributed by atoms with Gasteiger partial charge in [-0.15, -0.1) is 0 Å². The Balaban J connectivity index is 1.49. The highest BCUT2D eigenvalue weighted by Gasteiger charge is 2.41. The normalized spacial score (nSPS) is 22.3. The number of nitrogens with zero attached hydrogens (tertiary/aromatic N) is 5. The van der Waals surface area contributed by atoms with Crippen LogP contribution in [0.5, 0.6) is 5.75 Å². The van der Waals surface area contributed by atoms with Crippen LogP contribution in [0.2, 0.25) is 0 Å². The number of halogens is 1. The van der Waals surface area contributed by atoms with Crippen LogP contribution in [0.25, 0.3) is 0 Å². The Morgan fingerprint density at radius 3 is 2.59 bits per heavy atom. The SMILES string of the molecule is CC(C)n1nccc1CN1CCOC(COc2ccc(F)cc2)(CC(=O)N2CCN(C)CC2)C1. The topological polar surface area (TPSA) is 63.1 Å². The third kappa shape index (κ3) is 6.14. The van der Waals surface area contributed by atoms with Crippen LogP contribution in [-0.2, 0) is 16.1 Å². The van der Waals surface area contributed by atoms with Gasteiger partial charge in [0.05, 0.1) is 18.7 Å². The van der Waals surface area contributed by atoms with Gasteiger partial charge >= 0.3 is 0 Å². The molecular formula is C25H36FN5O3. The molecule has 0 radical (unpaired) electrons. The van der Waals surface area contributed by atoms with Crippen LogP contribution < -0.4 is 4.74 Å². The molecule has 1 unspecified atom stereocenters. The van der Waals surface area contributed by atoms with Crippen molar-refractivity contribution >= 4 is 5.91 Å². The molecule has 1 aromatic carbocycles. The second-order valence-corrected chi connectivity index (χ2v) is 9.71. The number of benzene rings is 1. The summed E-state index contributed by atoms with van der Waals surface area (Å²) in [6.45, 7) is 10.2. The Bertz CT molecular complexity index is 942. The van der Waals surface area contributed by atoms with E-state index in [1.54, 1.807) is 12.1 Å². The zero-order valence-corrected chi connectivity index (χ0v) is 20.5. The molecular weight excluding hydrogens is 437 g/mol. The average Bonchev–Trinajstić information content (AvgIpc) is 3.28. The van der Waals surface area contributed by atoms with Crippen LogP contribution >= 0.6 is 0 Å². The molecule has 4 rings (SSSR count). The fourth-order valence-corrected chi connectivity index (χ4v) is 4.65. The van der Waals surface area contributed by atoms with Gasteiger partial charge in [-0.1, -0.05) is 0 Å². The highest BCUT2D eigenvalue weighted by Crippen LogP contribution is 2.27. The van der Waals surface area contributed by atoms with Gasteiger partial charge in [0.25, 0.3) is 0 Å². The van der Waals surface area contributed by atoms with Gasteiger partial charge in [0.1, 0.15) is 23.8 Å². The predicted octanol–water partition coefficient (Wildman–Crippen LogP) is 2.42. The fraction of sp³-hybridized carbons (Fsp3) is 0.600. The van der Waals surface area contributed by atoms with Crippen LogP contribution in [0.1, 0.15) is 32.0 Å². The summed E-state index contributed by atoms with van der Waals surface area (Å²) >= 11 is 0. The number of amides is 1. The molecule has 2 aliphatic rings. The molecule has 0 saturated carbocycles. The lowest BCUT2D eigenvalue weighted by atomic mass is 9.96. The maximum Gasteiger partial charge on any atom is 0.225 e. The van der Waals surface area contributed by atoms with Gasteiger partial charge in [0.2, 0.25) is 5.91 Å². The first-order chi connectivity index (χ1) is 16.3. The monoisotopic (exact) mass is 473 g/mol. The maximum absolute atomic E-state index is 13.3. The van der Waals surface area contributed by atoms with Gasteiger partial charge in [-0.25, -0.2) is 4.39 Å². The molecule has 0 bridgehead atoms. The molecule has 0 N–H and O–H groups in total. The van der Waals surface area contributed by atoms with E-state index in [0.29, 0.717) is 18.9 Å². The zero-order valence-electron chi connectivity index (χ0n) is 20.5. The van der Waals surface area contributed by atoms with E-state index >= 15 is 0 Å². The lowest BCUT2D eigenvalue weighted by molar-refractivity contribution is -0.158. The van der Waals surface area contributed by atoms with E-state index in [0.717, 1.165) is 45.0 Å². The number of rotatable bonds is 8. The van der Waals surface area contributed by atoms with Gasteiger partial charge in [-0.05, 0) is 51.2 Å². The van der Waals surface area contributed by atoms with Gasteiger partial charge in [-0.3, -0.25) is 14.4 Å². The van der Waals surface area contributed by atoms with E-state index in [1.165, 1.54) is 12.1 Å². The first-order valence-corrected chi connectivity index (χ1v) is 12.1. The minimum atomic E-state index is -0.782. The Kier molecular flexibility index (Phi) is 7.85. The molecule has 8 nitrogen and oxygen atoms in total. The second kappa shape index (κ2) is 10.8. The fourth-order valence-electron chi connectivity index (χ4n) is 4.65. The largest absolute Gasteiger partial charge is 0.491 e. The van der Waals surface area contributed by atoms with Crippen LogP contribution in [-0.4, -0.2) is 95.5 Å². The van der Waals surface area contributed by atoms with Crippen molar-refractivity contribution in [3.63, 3.8) is 0 Å². The summed E-state index contributed by atoms with van der Waals surface area (Å²) in [6.07, 6.45) is 2.08. The van der Waals surface area contributed by atoms with E-state index in [9.17, 15) is 9.18 Å². The van der Waals surface area contributed by atoms with E-state index in [-0.39, 0.29) is 30.8 Å². The van der Waals surface area contributed by atoms with Crippen molar-refractivity contribution in [3.05, 3.63) is 48.0 Å². The number of piperazine rings is 1. The number of carbonyl (C=O) groups is 1. The van der Waals surface area contributed by atoms with Gasteiger partial charge in [0.15, 0.2) is 0 Å². The number of hydrogen-bond acceptors (Lipinski definition) is 6. The Morgan fingerprint density at radius 1 is 1.15 bits per heavy atom. The van der Waals surface area contributed by atoms with Gasteiger partial charge < -0.3 is 19.3 Å². The van der Waals surface area contributed by atoms with Gasteiger partial charge in [0, 0.05) is 58.1 Å². The summed E-state index contributed by atoms with van der Waals surface area (Å²) in [4.78, 5) is 19.8. The van der Waals surface area contributed by atoms with Crippen LogP contribution in [0.4, 0.5) is 4.39 Å². The molecule has 2 saturated heterocycles. The smallest absolute Gasteiger partial charge is 0.225 e. The van der Waals surface area contributed by atoms with Crippen molar-refractivity contribution in [1.82, 2.24) is 24.5 Å². The molecule has 34 heavy (non-hydrogen) atoms. The average molecular weight is 474 g/mol. The molecule has 9 heteroatoms. The highest BCUT2D eigenvalue weighted by atomic mass is 19.1. The summed E-state index contributed by atoms with van der Waals surface area (Å²) in [6, 6.07) is 8.27. The first-order valence-electron chi connectivity index (χ1n) is 12.1. The Labute approximate surface area is 201 Å². The van der Waals surface area contributed by atoms with Crippen molar-refractivity contribution < 1.29 is 18.7 Å². The number of likely N-dealkylation sites (N-methyl/N-ethyl adjacent to an activating group) is 1. The van der Waals surface area contributed by atoms with Crippen molar-refractivity contribution in [2.45, 2.75) is 38.5 Å². The van der Waals surface area contributed by atoms with E-state index in [2.05, 4.69) is 35.8 Å². The third-order valence-corrected chi connectivity index (χ3v) is 6.60. The Hall–Kier alpha value is -2.49. The van der Waals surface area contributed by atoms with Crippen LogP contribution in [0.3, 0.4) is 0 Å². The van der Waals surface area contributed by atoms with Crippen molar-refractivity contribution in [2.75, 3.05) is 59.5 Å². The predicted molar refractivity (Wildman–Crippen MR) is 127 cm³/mol. The van der Waals surface area contributed by atoms with Crippen molar-refractivity contribution in [1.29, 1.82) is 0 Å². The lowest BCUT2D eigenvalue weighted by Crippen LogP contribution is -2.58. The minimum absolute atomic E-state index is 0.0879. The van der Waals surface area contributed by atoms with Crippen LogP contribution in [0.15, 0.2) is 36.5 Å². The lowest BCUT2D eigenvalue weighted by Gasteiger charge is -2.43. The second-order valence-electron chi connectivity index (χ2n) is 9.71. The van der Waals surface area contributed by atoms with E-state index in [1.807, 2.05) is 21.8 Å². The number of morpholine rings is 1. The van der Waals surface area contributed by atoms with Crippen LogP contribution in [0, 0.1) is 5.82 Å². The number of hydrogen-bond donors (Lipinski definition) is 0. The van der Waals surface area contributed by atoms with Gasteiger partial charge in [-0.2, -0.15) is 5.10 Å². The molecule has 1 atom stereocenters. The van der Waals surface area contributed by atoms with Crippen molar-refractivity contribution in [3.8, 4) is 5.75 Å². The molecule has 186 valence electrons. The molecule has 1 aromatic heterocycles. The summed E-state index contributed by atoms with van der Waals surface area (Å²) in [5, 5.41) is 4.45. The standard InChI is InChI=1S/C25H36FN5O3/c1-20(2)31-22(8-9-27-31)17-29-14-15-34-25(18-29,19-33-23-6-4-21(26)5-7-23)16-24(32)30-12-10-28(3)11-13-30/h4-9,20H,10-19H2,1-3H3. The summed E-state index contributed by atoms with van der Waals surface area (Å²) in [7, 11) is 2.07. The zero-order chi connectivity index (χ0) is 24.1. The summed E-state index contributed by atoms with van der Waals surface area (Å²) < 4.78 is 27.7. The molecule has 1 amide bonds. The van der Waals surface area contributed by atoms with E-state index in [4.69, 9.17) is 9.47 Å². The quantitative estimate of drug-likeness (QED) is 0.587. The highest BCUT2D eigenvalue weighted by molar-refractivity contribution is 5.77. The maximum atomic E-state index is 13.3. The molecule has 2 aromatic rings.